The van der Waals surface area contributed by atoms with Crippen LogP contribution in [0.1, 0.15) is 56.9 Å². The summed E-state index contributed by atoms with van der Waals surface area (Å²) in [4.78, 5) is 4.40. The Morgan fingerprint density at radius 3 is 2.85 bits per heavy atom. The van der Waals surface area contributed by atoms with E-state index in [4.69, 9.17) is 9.47 Å². The molecule has 1 aliphatic carbocycles. The van der Waals surface area contributed by atoms with E-state index in [-0.39, 0.29) is 12.1 Å². The first kappa shape index (κ1) is 20.7. The molecule has 152 valence electrons. The summed E-state index contributed by atoms with van der Waals surface area (Å²) in [6.45, 7) is 4.34. The number of ether oxygens (including phenoxy) is 2. The largest absolute Gasteiger partial charge is 0.478 e. The highest BCUT2D eigenvalue weighted by atomic mass is 32.2. The maximum absolute atomic E-state index is 11.5. The third-order valence-corrected chi connectivity index (χ3v) is 6.24. The van der Waals surface area contributed by atoms with Gasteiger partial charge in [0.15, 0.2) is 0 Å². The fourth-order valence-corrected chi connectivity index (χ4v) is 4.94. The lowest BCUT2D eigenvalue weighted by Crippen LogP contribution is -2.54. The van der Waals surface area contributed by atoms with Crippen molar-refractivity contribution < 1.29 is 13.7 Å². The van der Waals surface area contributed by atoms with Crippen LogP contribution in [0.5, 0.6) is 5.88 Å². The SMILES string of the molecule is CCOc1ncccc1C1CCC(OCC2NCCCC2NS(C)=O)CC1. The predicted octanol–water partition coefficient (Wildman–Crippen LogP) is 2.53. The molecule has 7 heteroatoms. The number of aromatic nitrogens is 1. The zero-order valence-electron chi connectivity index (χ0n) is 16.5. The third-order valence-electron chi connectivity index (χ3n) is 5.61. The molecule has 2 aliphatic rings. The van der Waals surface area contributed by atoms with Crippen molar-refractivity contribution in [2.45, 2.75) is 69.6 Å². The molecule has 0 spiro atoms. The van der Waals surface area contributed by atoms with Crippen LogP contribution in [0, 0.1) is 0 Å². The Hall–Kier alpha value is -1.02. The highest BCUT2D eigenvalue weighted by Crippen LogP contribution is 2.37. The Morgan fingerprint density at radius 2 is 2.11 bits per heavy atom. The second kappa shape index (κ2) is 10.5. The summed E-state index contributed by atoms with van der Waals surface area (Å²) in [6.07, 6.45) is 10.3. The average molecular weight is 396 g/mol. The van der Waals surface area contributed by atoms with E-state index in [2.05, 4.69) is 21.1 Å². The van der Waals surface area contributed by atoms with Gasteiger partial charge in [0.05, 0.1) is 30.3 Å². The molecule has 3 atom stereocenters. The van der Waals surface area contributed by atoms with Gasteiger partial charge in [-0.1, -0.05) is 6.07 Å². The van der Waals surface area contributed by atoms with E-state index >= 15 is 0 Å². The molecule has 3 unspecified atom stereocenters. The van der Waals surface area contributed by atoms with Crippen molar-refractivity contribution >= 4 is 11.0 Å². The summed E-state index contributed by atoms with van der Waals surface area (Å²) in [5.74, 6) is 1.29. The standard InChI is InChI=1S/C20H33N3O3S/c1-3-25-20-17(6-4-13-22-20)15-8-10-16(11-9-15)26-14-19-18(23-27(2)24)7-5-12-21-19/h4,6,13,15-16,18-19,21,23H,3,5,7-12,14H2,1-2H3. The molecule has 3 rings (SSSR count). The van der Waals surface area contributed by atoms with Gasteiger partial charge in [-0.2, -0.15) is 0 Å². The van der Waals surface area contributed by atoms with Crippen molar-refractivity contribution in [3.8, 4) is 5.88 Å². The van der Waals surface area contributed by atoms with Gasteiger partial charge < -0.3 is 14.8 Å². The zero-order valence-corrected chi connectivity index (χ0v) is 17.3. The number of pyridine rings is 1. The van der Waals surface area contributed by atoms with Crippen LogP contribution in [0.2, 0.25) is 0 Å². The number of hydrogen-bond donors (Lipinski definition) is 2. The second-order valence-corrected chi connectivity index (χ2v) is 8.66. The molecule has 2 N–H and O–H groups in total. The van der Waals surface area contributed by atoms with Crippen molar-refractivity contribution in [3.63, 3.8) is 0 Å². The van der Waals surface area contributed by atoms with Crippen LogP contribution in [0.3, 0.4) is 0 Å². The minimum absolute atomic E-state index is 0.227. The van der Waals surface area contributed by atoms with Gasteiger partial charge in [-0.3, -0.25) is 0 Å². The van der Waals surface area contributed by atoms with Crippen molar-refractivity contribution in [2.75, 3.05) is 26.0 Å². The van der Waals surface area contributed by atoms with Crippen LogP contribution >= 0.6 is 0 Å². The van der Waals surface area contributed by atoms with Gasteiger partial charge in [-0.05, 0) is 64.0 Å². The second-order valence-electron chi connectivity index (χ2n) is 7.52. The Morgan fingerprint density at radius 1 is 1.30 bits per heavy atom. The molecule has 0 aromatic carbocycles. The van der Waals surface area contributed by atoms with Crippen molar-refractivity contribution in [1.29, 1.82) is 0 Å². The molecule has 1 aromatic rings. The molecule has 2 heterocycles. The van der Waals surface area contributed by atoms with Gasteiger partial charge in [-0.25, -0.2) is 13.9 Å². The summed E-state index contributed by atoms with van der Waals surface area (Å²) in [6, 6.07) is 4.62. The van der Waals surface area contributed by atoms with Crippen LogP contribution in [0.15, 0.2) is 18.3 Å². The fraction of sp³-hybridized carbons (Fsp3) is 0.750. The van der Waals surface area contributed by atoms with E-state index in [0.29, 0.717) is 25.2 Å². The summed E-state index contributed by atoms with van der Waals surface area (Å²) in [5, 5.41) is 3.52. The van der Waals surface area contributed by atoms with E-state index in [1.807, 2.05) is 13.0 Å². The smallest absolute Gasteiger partial charge is 0.216 e. The van der Waals surface area contributed by atoms with Crippen LogP contribution in [-0.2, 0) is 15.7 Å². The van der Waals surface area contributed by atoms with Crippen molar-refractivity contribution in [2.24, 2.45) is 0 Å². The summed E-state index contributed by atoms with van der Waals surface area (Å²) in [5.41, 5.74) is 1.24. The van der Waals surface area contributed by atoms with Crippen LogP contribution in [0.4, 0.5) is 0 Å². The van der Waals surface area contributed by atoms with Gasteiger partial charge >= 0.3 is 0 Å². The molecule has 1 saturated carbocycles. The molecular formula is C20H33N3O3S. The number of nitrogens with zero attached hydrogens (tertiary/aromatic N) is 1. The van der Waals surface area contributed by atoms with Crippen LogP contribution in [0.25, 0.3) is 0 Å². The normalized spacial score (nSPS) is 30.0. The van der Waals surface area contributed by atoms with E-state index in [0.717, 1.165) is 50.9 Å². The Bertz CT molecular complexity index is 608. The average Bonchev–Trinajstić information content (AvgIpc) is 2.68. The Kier molecular flexibility index (Phi) is 8.06. The van der Waals surface area contributed by atoms with E-state index in [9.17, 15) is 4.21 Å². The monoisotopic (exact) mass is 395 g/mol. The lowest BCUT2D eigenvalue weighted by molar-refractivity contribution is 0.00515. The molecule has 0 radical (unpaired) electrons. The minimum atomic E-state index is -0.986. The Balaban J connectivity index is 1.47. The van der Waals surface area contributed by atoms with Crippen molar-refractivity contribution in [3.05, 3.63) is 23.9 Å². The molecule has 0 amide bonds. The first-order chi connectivity index (χ1) is 13.2. The number of rotatable bonds is 8. The number of hydrogen-bond acceptors (Lipinski definition) is 5. The first-order valence-electron chi connectivity index (χ1n) is 10.2. The van der Waals surface area contributed by atoms with Crippen LogP contribution < -0.4 is 14.8 Å². The molecule has 1 saturated heterocycles. The van der Waals surface area contributed by atoms with Gasteiger partial charge in [0.1, 0.15) is 0 Å². The Labute approximate surface area is 165 Å². The zero-order chi connectivity index (χ0) is 19.1. The summed E-state index contributed by atoms with van der Waals surface area (Å²) < 4.78 is 26.7. The topological polar surface area (TPSA) is 72.5 Å². The van der Waals surface area contributed by atoms with Crippen LogP contribution in [-0.4, -0.2) is 53.4 Å². The maximum Gasteiger partial charge on any atom is 0.216 e. The lowest BCUT2D eigenvalue weighted by Gasteiger charge is -2.35. The fourth-order valence-electron chi connectivity index (χ4n) is 4.23. The quantitative estimate of drug-likeness (QED) is 0.708. The maximum atomic E-state index is 11.5. The molecular weight excluding hydrogens is 362 g/mol. The minimum Gasteiger partial charge on any atom is -0.478 e. The highest BCUT2D eigenvalue weighted by Gasteiger charge is 2.29. The molecule has 2 fully saturated rings. The first-order valence-corrected chi connectivity index (χ1v) is 11.8. The predicted molar refractivity (Wildman–Crippen MR) is 108 cm³/mol. The molecule has 27 heavy (non-hydrogen) atoms. The summed E-state index contributed by atoms with van der Waals surface area (Å²) >= 11 is 0. The van der Waals surface area contributed by atoms with Gasteiger partial charge in [0.25, 0.3) is 0 Å². The lowest BCUT2D eigenvalue weighted by atomic mass is 9.83. The van der Waals surface area contributed by atoms with E-state index < -0.39 is 11.0 Å². The number of nitrogens with one attached hydrogen (secondary N) is 2. The molecule has 6 nitrogen and oxygen atoms in total. The van der Waals surface area contributed by atoms with Crippen molar-refractivity contribution in [1.82, 2.24) is 15.0 Å². The summed E-state index contributed by atoms with van der Waals surface area (Å²) in [7, 11) is -0.986. The molecule has 1 aromatic heterocycles. The number of piperidine rings is 1. The molecule has 0 bridgehead atoms. The van der Waals surface area contributed by atoms with E-state index in [1.165, 1.54) is 5.56 Å². The van der Waals surface area contributed by atoms with E-state index in [1.54, 1.807) is 12.5 Å². The van der Waals surface area contributed by atoms with Gasteiger partial charge in [0, 0.05) is 30.1 Å². The third kappa shape index (κ3) is 5.98. The molecule has 1 aliphatic heterocycles. The van der Waals surface area contributed by atoms with Gasteiger partial charge in [-0.15, -0.1) is 0 Å². The highest BCUT2D eigenvalue weighted by molar-refractivity contribution is 7.82. The van der Waals surface area contributed by atoms with Gasteiger partial charge in [0.2, 0.25) is 5.88 Å².